The van der Waals surface area contributed by atoms with Crippen molar-refractivity contribution in [3.8, 4) is 5.75 Å². The van der Waals surface area contributed by atoms with E-state index in [9.17, 15) is 14.4 Å². The lowest BCUT2D eigenvalue weighted by Crippen LogP contribution is -2.51. The predicted molar refractivity (Wildman–Crippen MR) is 166 cm³/mol. The highest BCUT2D eigenvalue weighted by Gasteiger charge is 2.51. The van der Waals surface area contributed by atoms with E-state index >= 15 is 0 Å². The summed E-state index contributed by atoms with van der Waals surface area (Å²) in [6.07, 6.45) is 8.32. The minimum atomic E-state index is -0.360. The van der Waals surface area contributed by atoms with Crippen molar-refractivity contribution in [1.82, 2.24) is 15.1 Å². The molecule has 1 aliphatic heterocycles. The number of rotatable bonds is 10. The number of amides is 2. The van der Waals surface area contributed by atoms with Gasteiger partial charge in [0.15, 0.2) is 0 Å². The topological polar surface area (TPSA) is 88.2 Å². The Kier molecular flexibility index (Phi) is 9.10. The molecule has 2 aromatic carbocycles. The van der Waals surface area contributed by atoms with Crippen molar-refractivity contribution < 1.29 is 23.9 Å². The lowest BCUT2D eigenvalue weighted by molar-refractivity contribution is -0.136. The van der Waals surface area contributed by atoms with E-state index < -0.39 is 0 Å². The smallest absolute Gasteiger partial charge is 0.337 e. The molecule has 4 aliphatic carbocycles. The summed E-state index contributed by atoms with van der Waals surface area (Å²) in [6.45, 7) is 3.98. The molecule has 4 bridgehead atoms. The third-order valence-corrected chi connectivity index (χ3v) is 10.5. The number of hydrogen-bond donors (Lipinski definition) is 1. The van der Waals surface area contributed by atoms with Gasteiger partial charge >= 0.3 is 5.97 Å². The summed E-state index contributed by atoms with van der Waals surface area (Å²) in [5.41, 5.74) is 2.72. The van der Waals surface area contributed by atoms with Crippen molar-refractivity contribution in [2.75, 3.05) is 39.8 Å². The van der Waals surface area contributed by atoms with Gasteiger partial charge in [-0.15, -0.1) is 0 Å². The van der Waals surface area contributed by atoms with Gasteiger partial charge in [-0.25, -0.2) is 4.79 Å². The molecule has 0 aromatic heterocycles. The fourth-order valence-electron chi connectivity index (χ4n) is 8.42. The first-order chi connectivity index (χ1) is 20.8. The minimum Gasteiger partial charge on any atom is -0.489 e. The standard InChI is InChI=1S/C34H42BrN3O5/c1-42-33(41)27-4-2-23(3-5-27)22-43-30-7-6-29(35)15-28(30)21-37-8-10-38(11-9-37)32(40)20-36-31(39)19-34-16-24-12-25(17-34)14-26(13-24)18-34/h2-7,15,24-26H,8-14,16-22H2,1H3,(H,36,39). The van der Waals surface area contributed by atoms with Crippen LogP contribution >= 0.6 is 15.9 Å². The fraction of sp³-hybridized carbons (Fsp3) is 0.559. The molecular weight excluding hydrogens is 610 g/mol. The second-order valence-electron chi connectivity index (χ2n) is 13.3. The van der Waals surface area contributed by atoms with Crippen molar-refractivity contribution in [1.29, 1.82) is 0 Å². The number of hydrogen-bond acceptors (Lipinski definition) is 6. The van der Waals surface area contributed by atoms with Crippen LogP contribution in [0.4, 0.5) is 0 Å². The summed E-state index contributed by atoms with van der Waals surface area (Å²) in [7, 11) is 1.37. The zero-order chi connectivity index (χ0) is 30.0. The van der Waals surface area contributed by atoms with Crippen molar-refractivity contribution >= 4 is 33.7 Å². The van der Waals surface area contributed by atoms with Gasteiger partial charge in [0, 0.05) is 49.2 Å². The van der Waals surface area contributed by atoms with Crippen LogP contribution < -0.4 is 10.1 Å². The molecule has 4 saturated carbocycles. The Hall–Kier alpha value is -2.91. The van der Waals surface area contributed by atoms with Gasteiger partial charge in [-0.2, -0.15) is 0 Å². The zero-order valence-corrected chi connectivity index (χ0v) is 26.6. The number of ether oxygens (including phenoxy) is 2. The fourth-order valence-corrected chi connectivity index (χ4v) is 8.83. The van der Waals surface area contributed by atoms with Crippen LogP contribution in [-0.4, -0.2) is 67.4 Å². The van der Waals surface area contributed by atoms with Crippen LogP contribution in [0.2, 0.25) is 0 Å². The maximum Gasteiger partial charge on any atom is 0.337 e. The monoisotopic (exact) mass is 651 g/mol. The molecule has 8 nitrogen and oxygen atoms in total. The Balaban J connectivity index is 0.955. The Labute approximate surface area is 262 Å². The van der Waals surface area contributed by atoms with Crippen LogP contribution in [-0.2, 0) is 27.5 Å². The molecule has 2 amide bonds. The van der Waals surface area contributed by atoms with Gasteiger partial charge in [-0.1, -0.05) is 28.1 Å². The summed E-state index contributed by atoms with van der Waals surface area (Å²) in [4.78, 5) is 41.8. The highest BCUT2D eigenvalue weighted by atomic mass is 79.9. The first-order valence-corrected chi connectivity index (χ1v) is 16.4. The Morgan fingerprint density at radius 1 is 0.930 bits per heavy atom. The maximum absolute atomic E-state index is 13.0. The van der Waals surface area contributed by atoms with Gasteiger partial charge in [0.2, 0.25) is 11.8 Å². The van der Waals surface area contributed by atoms with Crippen LogP contribution in [0, 0.1) is 23.2 Å². The number of nitrogens with one attached hydrogen (secondary N) is 1. The Bertz CT molecular complexity index is 1300. The van der Waals surface area contributed by atoms with E-state index in [2.05, 4.69) is 32.2 Å². The van der Waals surface area contributed by atoms with Crippen LogP contribution in [0.5, 0.6) is 5.75 Å². The number of carbonyl (C=O) groups is 3. The van der Waals surface area contributed by atoms with Gasteiger partial charge in [-0.05, 0) is 97.6 Å². The van der Waals surface area contributed by atoms with E-state index in [1.54, 1.807) is 12.1 Å². The number of esters is 1. The normalized spacial score (nSPS) is 26.3. The largest absolute Gasteiger partial charge is 0.489 e. The summed E-state index contributed by atoms with van der Waals surface area (Å²) in [5.74, 6) is 2.97. The summed E-state index contributed by atoms with van der Waals surface area (Å²) < 4.78 is 11.9. The number of halogens is 1. The Morgan fingerprint density at radius 3 is 2.21 bits per heavy atom. The average molecular weight is 653 g/mol. The molecule has 0 atom stereocenters. The van der Waals surface area contributed by atoms with Crippen LogP contribution in [0.3, 0.4) is 0 Å². The third-order valence-electron chi connectivity index (χ3n) is 10.0. The van der Waals surface area contributed by atoms with Crippen molar-refractivity contribution in [3.05, 3.63) is 63.6 Å². The molecule has 230 valence electrons. The average Bonchev–Trinajstić information content (AvgIpc) is 2.99. The zero-order valence-electron chi connectivity index (χ0n) is 25.0. The highest BCUT2D eigenvalue weighted by Crippen LogP contribution is 2.61. The van der Waals surface area contributed by atoms with Gasteiger partial charge in [-0.3, -0.25) is 14.5 Å². The molecule has 5 aliphatic rings. The second kappa shape index (κ2) is 13.0. The molecule has 2 aromatic rings. The second-order valence-corrected chi connectivity index (χ2v) is 14.2. The molecule has 0 unspecified atom stereocenters. The number of piperazine rings is 1. The van der Waals surface area contributed by atoms with Crippen molar-refractivity contribution in [3.63, 3.8) is 0 Å². The number of nitrogens with zero attached hydrogens (tertiary/aromatic N) is 2. The number of benzene rings is 2. The van der Waals surface area contributed by atoms with Gasteiger partial charge in [0.1, 0.15) is 12.4 Å². The Morgan fingerprint density at radius 2 is 1.58 bits per heavy atom. The van der Waals surface area contributed by atoms with Gasteiger partial charge < -0.3 is 19.7 Å². The molecule has 7 rings (SSSR count). The van der Waals surface area contributed by atoms with E-state index in [-0.39, 0.29) is 29.7 Å². The summed E-state index contributed by atoms with van der Waals surface area (Å²) >= 11 is 3.59. The summed E-state index contributed by atoms with van der Waals surface area (Å²) in [6, 6.07) is 13.2. The molecule has 0 radical (unpaired) electrons. The SMILES string of the molecule is COC(=O)c1ccc(COc2ccc(Br)cc2CN2CCN(C(=O)CNC(=O)CC34CC5CC(CC(C5)C3)C4)CC2)cc1. The van der Waals surface area contributed by atoms with Gasteiger partial charge in [0.05, 0.1) is 19.2 Å². The lowest BCUT2D eigenvalue weighted by atomic mass is 9.49. The molecule has 9 heteroatoms. The summed E-state index contributed by atoms with van der Waals surface area (Å²) in [5, 5.41) is 2.97. The molecular formula is C34H42BrN3O5. The predicted octanol–water partition coefficient (Wildman–Crippen LogP) is 5.18. The molecule has 5 fully saturated rings. The first kappa shape index (κ1) is 30.1. The van der Waals surface area contributed by atoms with Gasteiger partial charge in [0.25, 0.3) is 0 Å². The third kappa shape index (κ3) is 7.26. The number of methoxy groups -OCH3 is 1. The lowest BCUT2D eigenvalue weighted by Gasteiger charge is -2.56. The van der Waals surface area contributed by atoms with E-state index in [4.69, 9.17) is 9.47 Å². The molecule has 1 heterocycles. The quantitative estimate of drug-likeness (QED) is 0.356. The van der Waals surface area contributed by atoms with Crippen LogP contribution in [0.15, 0.2) is 46.9 Å². The van der Waals surface area contributed by atoms with E-state index in [0.29, 0.717) is 38.2 Å². The highest BCUT2D eigenvalue weighted by molar-refractivity contribution is 9.10. The maximum atomic E-state index is 13.0. The molecule has 1 saturated heterocycles. The minimum absolute atomic E-state index is 0.00297. The van der Waals surface area contributed by atoms with Crippen molar-refractivity contribution in [2.45, 2.75) is 58.1 Å². The van der Waals surface area contributed by atoms with E-state index in [0.717, 1.165) is 52.2 Å². The van der Waals surface area contributed by atoms with Crippen LogP contribution in [0.1, 0.15) is 66.4 Å². The number of carbonyl (C=O) groups excluding carboxylic acids is 3. The first-order valence-electron chi connectivity index (χ1n) is 15.6. The van der Waals surface area contributed by atoms with Crippen LogP contribution in [0.25, 0.3) is 0 Å². The van der Waals surface area contributed by atoms with E-state index in [1.807, 2.05) is 29.2 Å². The van der Waals surface area contributed by atoms with Crippen molar-refractivity contribution in [2.24, 2.45) is 23.2 Å². The van der Waals surface area contributed by atoms with E-state index in [1.165, 1.54) is 45.6 Å². The molecule has 1 N–H and O–H groups in total. The molecule has 43 heavy (non-hydrogen) atoms. The molecule has 0 spiro atoms.